The van der Waals surface area contributed by atoms with Crippen LogP contribution in [0.15, 0.2) is 42.9 Å². The molecule has 1 aliphatic heterocycles. The minimum Gasteiger partial charge on any atom is -0.456 e. The summed E-state index contributed by atoms with van der Waals surface area (Å²) in [5.74, 6) is -1.03. The SMILES string of the molecule is CC(C)(C)OC(=O)c1cccc(NC2(C(=O)NNC(=N)c3ccncn3)CCN(C(=O)OC(C)(C)C)CC2)c1. The first-order valence-electron chi connectivity index (χ1n) is 12.7. The molecule has 1 aromatic heterocycles. The van der Waals surface area contributed by atoms with Crippen LogP contribution in [0.4, 0.5) is 10.5 Å². The molecule has 1 aliphatic rings. The smallest absolute Gasteiger partial charge is 0.410 e. The zero-order chi connectivity index (χ0) is 28.8. The summed E-state index contributed by atoms with van der Waals surface area (Å²) in [6.07, 6.45) is 2.84. The van der Waals surface area contributed by atoms with Crippen LogP contribution in [0.25, 0.3) is 0 Å². The molecule has 12 nitrogen and oxygen atoms in total. The Balaban J connectivity index is 1.80. The van der Waals surface area contributed by atoms with Gasteiger partial charge >= 0.3 is 12.1 Å². The average molecular weight is 540 g/mol. The Morgan fingerprint density at radius 2 is 1.64 bits per heavy atom. The molecule has 4 N–H and O–H groups in total. The second-order valence-corrected chi connectivity index (χ2v) is 11.3. The first-order valence-corrected chi connectivity index (χ1v) is 12.7. The van der Waals surface area contributed by atoms with Crippen molar-refractivity contribution in [1.82, 2.24) is 25.7 Å². The van der Waals surface area contributed by atoms with Gasteiger partial charge in [-0.2, -0.15) is 0 Å². The van der Waals surface area contributed by atoms with Crippen molar-refractivity contribution >= 4 is 29.5 Å². The third-order valence-corrected chi connectivity index (χ3v) is 5.72. The highest BCUT2D eigenvalue weighted by Gasteiger charge is 2.43. The lowest BCUT2D eigenvalue weighted by Gasteiger charge is -2.41. The van der Waals surface area contributed by atoms with Crippen molar-refractivity contribution in [1.29, 1.82) is 5.41 Å². The fraction of sp³-hybridized carbons (Fsp3) is 0.481. The van der Waals surface area contributed by atoms with E-state index in [9.17, 15) is 14.4 Å². The quantitative estimate of drug-likeness (QED) is 0.194. The number of carbonyl (C=O) groups is 3. The molecule has 0 aliphatic carbocycles. The number of rotatable bonds is 5. The normalized spacial score (nSPS) is 15.1. The van der Waals surface area contributed by atoms with Crippen molar-refractivity contribution in [3.05, 3.63) is 54.1 Å². The number of nitrogens with zero attached hydrogens (tertiary/aromatic N) is 3. The topological polar surface area (TPSA) is 159 Å². The Morgan fingerprint density at radius 3 is 2.23 bits per heavy atom. The van der Waals surface area contributed by atoms with Crippen molar-refractivity contribution < 1.29 is 23.9 Å². The first-order chi connectivity index (χ1) is 18.2. The van der Waals surface area contributed by atoms with Crippen LogP contribution in [0.1, 0.15) is 70.4 Å². The molecule has 0 saturated carbocycles. The van der Waals surface area contributed by atoms with Crippen LogP contribution in [0.3, 0.4) is 0 Å². The van der Waals surface area contributed by atoms with Gasteiger partial charge in [0.1, 0.15) is 28.8 Å². The monoisotopic (exact) mass is 539 g/mol. The number of hydrazine groups is 1. The number of nitrogens with one attached hydrogen (secondary N) is 4. The van der Waals surface area contributed by atoms with Gasteiger partial charge in [-0.05, 0) is 78.6 Å². The van der Waals surface area contributed by atoms with E-state index in [-0.39, 0.29) is 31.8 Å². The summed E-state index contributed by atoms with van der Waals surface area (Å²) in [6.45, 7) is 11.3. The third-order valence-electron chi connectivity index (χ3n) is 5.72. The van der Waals surface area contributed by atoms with Gasteiger partial charge in [-0.3, -0.25) is 21.1 Å². The number of hydrogen-bond donors (Lipinski definition) is 4. The highest BCUT2D eigenvalue weighted by Crippen LogP contribution is 2.29. The molecular weight excluding hydrogens is 502 g/mol. The number of hydrogen-bond acceptors (Lipinski definition) is 9. The van der Waals surface area contributed by atoms with E-state index in [0.29, 0.717) is 16.9 Å². The lowest BCUT2D eigenvalue weighted by atomic mass is 9.86. The molecule has 0 bridgehead atoms. The number of esters is 1. The number of carbonyl (C=O) groups excluding carboxylic acids is 3. The fourth-order valence-corrected chi connectivity index (χ4v) is 3.89. The number of likely N-dealkylation sites (tertiary alicyclic amines) is 1. The fourth-order valence-electron chi connectivity index (χ4n) is 3.89. The Hall–Kier alpha value is -4.22. The Kier molecular flexibility index (Phi) is 8.78. The molecule has 0 radical (unpaired) electrons. The Bertz CT molecular complexity index is 1200. The molecule has 1 saturated heterocycles. The van der Waals surface area contributed by atoms with Gasteiger partial charge in [-0.25, -0.2) is 19.6 Å². The zero-order valence-electron chi connectivity index (χ0n) is 23.3. The van der Waals surface area contributed by atoms with E-state index in [2.05, 4.69) is 26.1 Å². The van der Waals surface area contributed by atoms with Crippen LogP contribution in [-0.2, 0) is 14.3 Å². The van der Waals surface area contributed by atoms with E-state index in [1.54, 1.807) is 70.7 Å². The lowest BCUT2D eigenvalue weighted by Crippen LogP contribution is -2.61. The predicted octanol–water partition coefficient (Wildman–Crippen LogP) is 3.26. The molecule has 0 atom stereocenters. The van der Waals surface area contributed by atoms with Gasteiger partial charge in [-0.15, -0.1) is 0 Å². The molecule has 210 valence electrons. The number of amidine groups is 1. The molecular formula is C27H37N7O5. The molecule has 0 unspecified atom stereocenters. The second-order valence-electron chi connectivity index (χ2n) is 11.3. The van der Waals surface area contributed by atoms with Gasteiger partial charge < -0.3 is 19.7 Å². The first kappa shape index (κ1) is 29.3. The van der Waals surface area contributed by atoms with Gasteiger partial charge in [0.25, 0.3) is 5.91 Å². The number of benzene rings is 1. The molecule has 1 aromatic carbocycles. The molecule has 2 aromatic rings. The molecule has 3 rings (SSSR count). The van der Waals surface area contributed by atoms with Crippen LogP contribution >= 0.6 is 0 Å². The zero-order valence-corrected chi connectivity index (χ0v) is 23.3. The lowest BCUT2D eigenvalue weighted by molar-refractivity contribution is -0.127. The van der Waals surface area contributed by atoms with E-state index in [1.807, 2.05) is 0 Å². The maximum absolute atomic E-state index is 13.6. The third kappa shape index (κ3) is 8.39. The summed E-state index contributed by atoms with van der Waals surface area (Å²) in [5.41, 5.74) is 3.91. The second kappa shape index (κ2) is 11.7. The van der Waals surface area contributed by atoms with Crippen molar-refractivity contribution in [2.24, 2.45) is 0 Å². The van der Waals surface area contributed by atoms with E-state index in [0.717, 1.165) is 0 Å². The van der Waals surface area contributed by atoms with Crippen LogP contribution in [-0.4, -0.2) is 68.5 Å². The van der Waals surface area contributed by atoms with Crippen molar-refractivity contribution in [3.63, 3.8) is 0 Å². The standard InChI is InChI=1S/C27H37N7O5/c1-25(2,3)38-22(35)18-8-7-9-19(16-18)31-27(11-14-34(15-12-27)24(37)39-26(4,5)6)23(36)33-32-21(28)20-10-13-29-17-30-20/h7-10,13,16-17,31H,11-12,14-15H2,1-6H3,(H2,28,32)(H,33,36). The molecule has 2 amide bonds. The van der Waals surface area contributed by atoms with Crippen molar-refractivity contribution in [2.45, 2.75) is 71.1 Å². The van der Waals surface area contributed by atoms with E-state index < -0.39 is 34.7 Å². The predicted molar refractivity (Wildman–Crippen MR) is 145 cm³/mol. The maximum Gasteiger partial charge on any atom is 0.410 e. The molecule has 0 spiro atoms. The van der Waals surface area contributed by atoms with Crippen LogP contribution in [0.5, 0.6) is 0 Å². The van der Waals surface area contributed by atoms with Crippen molar-refractivity contribution in [2.75, 3.05) is 18.4 Å². The Labute approximate surface area is 228 Å². The summed E-state index contributed by atoms with van der Waals surface area (Å²) in [5, 5.41) is 11.5. The van der Waals surface area contributed by atoms with Crippen LogP contribution < -0.4 is 16.2 Å². The van der Waals surface area contributed by atoms with Gasteiger partial charge in [-0.1, -0.05) is 6.07 Å². The van der Waals surface area contributed by atoms with Gasteiger partial charge in [0.15, 0.2) is 5.84 Å². The maximum atomic E-state index is 13.6. The summed E-state index contributed by atoms with van der Waals surface area (Å²) in [7, 11) is 0. The highest BCUT2D eigenvalue weighted by molar-refractivity contribution is 5.97. The number of piperidine rings is 1. The number of aromatic nitrogens is 2. The van der Waals surface area contributed by atoms with E-state index in [1.165, 1.54) is 18.6 Å². The minimum atomic E-state index is -1.16. The van der Waals surface area contributed by atoms with Crippen molar-refractivity contribution in [3.8, 4) is 0 Å². The largest absolute Gasteiger partial charge is 0.456 e. The molecule has 39 heavy (non-hydrogen) atoms. The summed E-state index contributed by atoms with van der Waals surface area (Å²) in [6, 6.07) is 8.25. The van der Waals surface area contributed by atoms with Crippen LogP contribution in [0, 0.1) is 5.41 Å². The number of anilines is 1. The van der Waals surface area contributed by atoms with Gasteiger partial charge in [0, 0.05) is 25.0 Å². The van der Waals surface area contributed by atoms with Crippen LogP contribution in [0.2, 0.25) is 0 Å². The summed E-state index contributed by atoms with van der Waals surface area (Å²) < 4.78 is 11.0. The molecule has 2 heterocycles. The Morgan fingerprint density at radius 1 is 0.974 bits per heavy atom. The summed E-state index contributed by atoms with van der Waals surface area (Å²) in [4.78, 5) is 48.2. The average Bonchev–Trinajstić information content (AvgIpc) is 2.86. The number of amides is 2. The molecule has 12 heteroatoms. The van der Waals surface area contributed by atoms with Gasteiger partial charge in [0.2, 0.25) is 0 Å². The highest BCUT2D eigenvalue weighted by atomic mass is 16.6. The van der Waals surface area contributed by atoms with Gasteiger partial charge in [0.05, 0.1) is 5.56 Å². The number of ether oxygens (including phenoxy) is 2. The van der Waals surface area contributed by atoms with E-state index >= 15 is 0 Å². The van der Waals surface area contributed by atoms with E-state index in [4.69, 9.17) is 14.9 Å². The molecule has 1 fully saturated rings. The minimum absolute atomic E-state index is 0.112. The summed E-state index contributed by atoms with van der Waals surface area (Å²) >= 11 is 0.